The van der Waals surface area contributed by atoms with Crippen LogP contribution in [0.5, 0.6) is 0 Å². The number of pyridine rings is 3. The zero-order valence-electron chi connectivity index (χ0n) is 10.6. The molecule has 0 bridgehead atoms. The van der Waals surface area contributed by atoms with E-state index in [1.165, 1.54) is 24.5 Å². The largest absolute Gasteiger partial charge is 0.254 e. The predicted molar refractivity (Wildman–Crippen MR) is 70.6 cm³/mol. The molecule has 3 rings (SSSR count). The van der Waals surface area contributed by atoms with E-state index < -0.39 is 17.5 Å². The molecule has 0 saturated heterocycles. The maximum Gasteiger partial charge on any atom is 0.127 e. The van der Waals surface area contributed by atoms with Crippen LogP contribution in [0.1, 0.15) is 0 Å². The summed E-state index contributed by atoms with van der Waals surface area (Å²) in [6.45, 7) is 0. The summed E-state index contributed by atoms with van der Waals surface area (Å²) in [7, 11) is 0. The number of hydrogen-bond acceptors (Lipinski definition) is 3. The summed E-state index contributed by atoms with van der Waals surface area (Å²) in [5, 5.41) is 0. The molecule has 3 heterocycles. The maximum atomic E-state index is 13.7. The molecule has 6 heteroatoms. The number of rotatable bonds is 2. The van der Waals surface area contributed by atoms with Crippen molar-refractivity contribution in [1.82, 2.24) is 15.0 Å². The summed E-state index contributed by atoms with van der Waals surface area (Å²) in [6.07, 6.45) is 2.52. The second-order valence-corrected chi connectivity index (χ2v) is 4.27. The van der Waals surface area contributed by atoms with E-state index in [2.05, 4.69) is 15.0 Å². The van der Waals surface area contributed by atoms with E-state index in [1.807, 2.05) is 0 Å². The third-order valence-corrected chi connectivity index (χ3v) is 2.76. The van der Waals surface area contributed by atoms with Gasteiger partial charge in [0.05, 0.1) is 22.8 Å². The molecule has 0 aliphatic heterocycles. The minimum Gasteiger partial charge on any atom is -0.254 e. The lowest BCUT2D eigenvalue weighted by atomic mass is 10.2. The fourth-order valence-corrected chi connectivity index (χ4v) is 1.85. The highest BCUT2D eigenvalue weighted by Crippen LogP contribution is 2.22. The second-order valence-electron chi connectivity index (χ2n) is 4.27. The average molecular weight is 287 g/mol. The van der Waals surface area contributed by atoms with Crippen LogP contribution in [0, 0.1) is 17.5 Å². The first-order chi connectivity index (χ1) is 10.1. The summed E-state index contributed by atoms with van der Waals surface area (Å²) in [5.41, 5.74) is 0.672. The molecule has 104 valence electrons. The van der Waals surface area contributed by atoms with Crippen molar-refractivity contribution in [2.24, 2.45) is 0 Å². The van der Waals surface area contributed by atoms with E-state index in [0.29, 0.717) is 0 Å². The molecular formula is C15H8F3N3. The van der Waals surface area contributed by atoms with Crippen LogP contribution in [-0.2, 0) is 0 Å². The normalized spacial score (nSPS) is 10.6. The Balaban J connectivity index is 2.12. The van der Waals surface area contributed by atoms with Crippen LogP contribution in [0.4, 0.5) is 13.2 Å². The van der Waals surface area contributed by atoms with Crippen LogP contribution >= 0.6 is 0 Å². The van der Waals surface area contributed by atoms with E-state index in [0.717, 1.165) is 24.3 Å². The molecule has 0 aliphatic carbocycles. The Hall–Kier alpha value is -2.76. The molecule has 0 aliphatic rings. The zero-order chi connectivity index (χ0) is 14.8. The Morgan fingerprint density at radius 1 is 0.571 bits per heavy atom. The summed E-state index contributed by atoms with van der Waals surface area (Å²) in [6, 6.07) is 6.90. The van der Waals surface area contributed by atoms with E-state index >= 15 is 0 Å². The lowest BCUT2D eigenvalue weighted by molar-refractivity contribution is 0.622. The number of hydrogen-bond donors (Lipinski definition) is 0. The van der Waals surface area contributed by atoms with Gasteiger partial charge in [0.2, 0.25) is 0 Å². The topological polar surface area (TPSA) is 38.7 Å². The number of nitrogens with zero attached hydrogens (tertiary/aromatic N) is 3. The van der Waals surface area contributed by atoms with Gasteiger partial charge in [-0.15, -0.1) is 0 Å². The van der Waals surface area contributed by atoms with Gasteiger partial charge in [-0.3, -0.25) is 9.97 Å². The van der Waals surface area contributed by atoms with Gasteiger partial charge in [0, 0.05) is 36.7 Å². The molecule has 3 aromatic heterocycles. The Morgan fingerprint density at radius 2 is 1.00 bits per heavy atom. The van der Waals surface area contributed by atoms with Crippen molar-refractivity contribution < 1.29 is 13.2 Å². The van der Waals surface area contributed by atoms with Crippen LogP contribution in [0.2, 0.25) is 0 Å². The quantitative estimate of drug-likeness (QED) is 0.722. The number of halogens is 3. The van der Waals surface area contributed by atoms with Gasteiger partial charge in [0.1, 0.15) is 17.5 Å². The molecule has 0 N–H and O–H groups in total. The van der Waals surface area contributed by atoms with E-state index in [1.54, 1.807) is 0 Å². The molecule has 0 aromatic carbocycles. The molecule has 3 nitrogen and oxygen atoms in total. The molecule has 0 radical (unpaired) electrons. The first-order valence-corrected chi connectivity index (χ1v) is 6.03. The van der Waals surface area contributed by atoms with Gasteiger partial charge in [-0.2, -0.15) is 0 Å². The van der Waals surface area contributed by atoms with Crippen molar-refractivity contribution in [2.75, 3.05) is 0 Å². The van der Waals surface area contributed by atoms with Gasteiger partial charge in [0.25, 0.3) is 0 Å². The Kier molecular flexibility index (Phi) is 3.35. The molecular weight excluding hydrogens is 279 g/mol. The zero-order valence-corrected chi connectivity index (χ0v) is 10.6. The van der Waals surface area contributed by atoms with Gasteiger partial charge in [-0.1, -0.05) is 0 Å². The standard InChI is InChI=1S/C15H8F3N3/c16-9-1-3-19-12(5-9)14-7-11(18)8-15(21-14)13-6-10(17)2-4-20-13/h1-8H. The van der Waals surface area contributed by atoms with Crippen molar-refractivity contribution in [3.05, 3.63) is 66.2 Å². The first-order valence-electron chi connectivity index (χ1n) is 6.03. The molecule has 0 fully saturated rings. The van der Waals surface area contributed by atoms with Crippen LogP contribution in [0.15, 0.2) is 48.8 Å². The van der Waals surface area contributed by atoms with E-state index in [-0.39, 0.29) is 22.8 Å². The first kappa shape index (κ1) is 13.2. The summed E-state index contributed by atoms with van der Waals surface area (Å²) in [5.74, 6) is -1.60. The van der Waals surface area contributed by atoms with Crippen LogP contribution in [0.3, 0.4) is 0 Å². The number of aromatic nitrogens is 3. The molecule has 0 spiro atoms. The van der Waals surface area contributed by atoms with Crippen LogP contribution in [0.25, 0.3) is 22.8 Å². The summed E-state index contributed by atoms with van der Waals surface area (Å²) < 4.78 is 40.1. The van der Waals surface area contributed by atoms with E-state index in [4.69, 9.17) is 0 Å². The molecule has 0 atom stereocenters. The third-order valence-electron chi connectivity index (χ3n) is 2.76. The van der Waals surface area contributed by atoms with Crippen LogP contribution in [-0.4, -0.2) is 15.0 Å². The Morgan fingerprint density at radius 3 is 1.43 bits per heavy atom. The Bertz CT molecular complexity index is 742. The highest BCUT2D eigenvalue weighted by molar-refractivity contribution is 5.61. The smallest absolute Gasteiger partial charge is 0.127 e. The van der Waals surface area contributed by atoms with Crippen molar-refractivity contribution in [3.8, 4) is 22.8 Å². The lowest BCUT2D eigenvalue weighted by Gasteiger charge is -2.05. The highest BCUT2D eigenvalue weighted by atomic mass is 19.1. The summed E-state index contributed by atoms with van der Waals surface area (Å²) in [4.78, 5) is 12.0. The van der Waals surface area contributed by atoms with Crippen molar-refractivity contribution in [2.45, 2.75) is 0 Å². The minimum absolute atomic E-state index is 0.149. The SMILES string of the molecule is Fc1ccnc(-c2cc(F)cc(-c3cc(F)ccn3)n2)c1. The highest BCUT2D eigenvalue weighted by Gasteiger charge is 2.10. The summed E-state index contributed by atoms with van der Waals surface area (Å²) >= 11 is 0. The van der Waals surface area contributed by atoms with Gasteiger partial charge >= 0.3 is 0 Å². The van der Waals surface area contributed by atoms with Gasteiger partial charge in [-0.05, 0) is 12.1 Å². The van der Waals surface area contributed by atoms with Crippen molar-refractivity contribution >= 4 is 0 Å². The monoisotopic (exact) mass is 287 g/mol. The van der Waals surface area contributed by atoms with E-state index in [9.17, 15) is 13.2 Å². The average Bonchev–Trinajstić information content (AvgIpc) is 2.46. The van der Waals surface area contributed by atoms with Crippen LogP contribution < -0.4 is 0 Å². The van der Waals surface area contributed by atoms with Crippen molar-refractivity contribution in [3.63, 3.8) is 0 Å². The van der Waals surface area contributed by atoms with Gasteiger partial charge in [-0.25, -0.2) is 18.2 Å². The minimum atomic E-state index is -0.591. The maximum absolute atomic E-state index is 13.7. The molecule has 0 unspecified atom stereocenters. The predicted octanol–water partition coefficient (Wildman–Crippen LogP) is 3.62. The van der Waals surface area contributed by atoms with Gasteiger partial charge < -0.3 is 0 Å². The Labute approximate surface area is 118 Å². The molecule has 0 amide bonds. The third kappa shape index (κ3) is 2.89. The fraction of sp³-hybridized carbons (Fsp3) is 0. The fourth-order valence-electron chi connectivity index (χ4n) is 1.85. The second kappa shape index (κ2) is 5.32. The lowest BCUT2D eigenvalue weighted by Crippen LogP contribution is -1.95. The molecule has 21 heavy (non-hydrogen) atoms. The van der Waals surface area contributed by atoms with Crippen molar-refractivity contribution in [1.29, 1.82) is 0 Å². The molecule has 0 saturated carbocycles. The van der Waals surface area contributed by atoms with Gasteiger partial charge in [0.15, 0.2) is 0 Å². The molecule has 3 aromatic rings.